The maximum Gasteiger partial charge on any atom is 0.355 e. The fourth-order valence-electron chi connectivity index (χ4n) is 1.95. The number of aromatic nitrogens is 3. The second-order valence-electron chi connectivity index (χ2n) is 3.66. The van der Waals surface area contributed by atoms with Crippen LogP contribution in [0.2, 0.25) is 0 Å². The van der Waals surface area contributed by atoms with Crippen molar-refractivity contribution in [3.05, 3.63) is 17.5 Å². The van der Waals surface area contributed by atoms with Gasteiger partial charge in [0.25, 0.3) is 0 Å². The van der Waals surface area contributed by atoms with Gasteiger partial charge in [-0.25, -0.2) is 4.79 Å². The Hall–Kier alpha value is -2.11. The summed E-state index contributed by atoms with van der Waals surface area (Å²) in [5.74, 6) is -0.492. The lowest BCUT2D eigenvalue weighted by molar-refractivity contribution is 0.0513. The fraction of sp³-hybridized carbons (Fsp3) is 0.364. The summed E-state index contributed by atoms with van der Waals surface area (Å²) in [4.78, 5) is 22.9. The second kappa shape index (κ2) is 4.04. The number of carbonyl (C=O) groups excluding carboxylic acids is 2. The van der Waals surface area contributed by atoms with E-state index in [-0.39, 0.29) is 12.3 Å². The van der Waals surface area contributed by atoms with E-state index >= 15 is 0 Å². The molecule has 6 nitrogen and oxygen atoms in total. The molecular formula is C11H13N3O3. The van der Waals surface area contributed by atoms with Crippen molar-refractivity contribution in [2.75, 3.05) is 6.61 Å². The zero-order valence-electron chi connectivity index (χ0n) is 9.93. The van der Waals surface area contributed by atoms with Crippen LogP contribution in [0.3, 0.4) is 0 Å². The normalized spacial score (nSPS) is 10.8. The van der Waals surface area contributed by atoms with Gasteiger partial charge in [0, 0.05) is 14.1 Å². The van der Waals surface area contributed by atoms with Gasteiger partial charge >= 0.3 is 5.97 Å². The smallest absolute Gasteiger partial charge is 0.355 e. The summed E-state index contributed by atoms with van der Waals surface area (Å²) in [6.45, 7) is 2.00. The van der Waals surface area contributed by atoms with Crippen molar-refractivity contribution < 1.29 is 14.3 Å². The van der Waals surface area contributed by atoms with Gasteiger partial charge in [0.05, 0.1) is 29.4 Å². The quantitative estimate of drug-likeness (QED) is 0.585. The zero-order valence-corrected chi connectivity index (χ0v) is 9.93. The molecule has 2 rings (SSSR count). The average Bonchev–Trinajstić information content (AvgIpc) is 2.79. The Morgan fingerprint density at radius 1 is 1.53 bits per heavy atom. The predicted molar refractivity (Wildman–Crippen MR) is 61.0 cm³/mol. The summed E-state index contributed by atoms with van der Waals surface area (Å²) in [7, 11) is 3.44. The van der Waals surface area contributed by atoms with Crippen molar-refractivity contribution in [1.29, 1.82) is 0 Å². The molecule has 2 aromatic heterocycles. The van der Waals surface area contributed by atoms with E-state index in [1.165, 1.54) is 0 Å². The van der Waals surface area contributed by atoms with Crippen LogP contribution in [0.25, 0.3) is 11.0 Å². The molecule has 6 heteroatoms. The van der Waals surface area contributed by atoms with Crippen LogP contribution in [-0.4, -0.2) is 33.2 Å². The summed E-state index contributed by atoms with van der Waals surface area (Å²) in [5.41, 5.74) is 1.97. The number of hydrogen-bond donors (Lipinski definition) is 0. The topological polar surface area (TPSA) is 66.1 Å². The number of nitrogens with zero attached hydrogens (tertiary/aromatic N) is 3. The lowest BCUT2D eigenvalue weighted by atomic mass is 10.2. The third-order valence-corrected chi connectivity index (χ3v) is 2.71. The number of carbonyl (C=O) groups is 2. The molecule has 0 aliphatic carbocycles. The number of esters is 1. The molecule has 0 amide bonds. The van der Waals surface area contributed by atoms with Gasteiger partial charge in [-0.15, -0.1) is 0 Å². The van der Waals surface area contributed by atoms with Crippen LogP contribution in [-0.2, 0) is 18.8 Å². The summed E-state index contributed by atoms with van der Waals surface area (Å²) in [5, 5.41) is 4.06. The largest absolute Gasteiger partial charge is 0.461 e. The molecule has 0 fully saturated rings. The Bertz CT molecular complexity index is 595. The Labute approximate surface area is 97.8 Å². The highest BCUT2D eigenvalue weighted by atomic mass is 16.5. The number of ether oxygens (including phenoxy) is 1. The van der Waals surface area contributed by atoms with Crippen LogP contribution in [0, 0.1) is 0 Å². The van der Waals surface area contributed by atoms with Crippen molar-refractivity contribution >= 4 is 23.3 Å². The highest BCUT2D eigenvalue weighted by Gasteiger charge is 2.23. The molecule has 0 unspecified atom stereocenters. The molecule has 0 bridgehead atoms. The van der Waals surface area contributed by atoms with E-state index in [1.54, 1.807) is 36.5 Å². The van der Waals surface area contributed by atoms with Crippen LogP contribution < -0.4 is 0 Å². The van der Waals surface area contributed by atoms with Crippen LogP contribution >= 0.6 is 0 Å². The van der Waals surface area contributed by atoms with Crippen molar-refractivity contribution in [2.45, 2.75) is 6.92 Å². The fourth-order valence-corrected chi connectivity index (χ4v) is 1.95. The average molecular weight is 235 g/mol. The second-order valence-corrected chi connectivity index (χ2v) is 3.66. The van der Waals surface area contributed by atoms with Crippen LogP contribution in [0.15, 0.2) is 6.20 Å². The van der Waals surface area contributed by atoms with Gasteiger partial charge in [0.1, 0.15) is 5.69 Å². The maximum absolute atomic E-state index is 11.8. The number of hydrogen-bond acceptors (Lipinski definition) is 4. The molecule has 2 aromatic rings. The molecule has 90 valence electrons. The number of rotatable bonds is 3. The Balaban J connectivity index is 2.74. The molecule has 0 aliphatic heterocycles. The lowest BCUT2D eigenvalue weighted by Gasteiger charge is -2.04. The standard InChI is InChI=1S/C11H13N3O3/c1-4-17-11(16)10-7(6-15)9-8(13(10)2)5-12-14(9)3/h5-6H,4H2,1-3H3. The van der Waals surface area contributed by atoms with Gasteiger partial charge in [-0.1, -0.05) is 0 Å². The first kappa shape index (κ1) is 11.4. The van der Waals surface area contributed by atoms with E-state index in [9.17, 15) is 9.59 Å². The van der Waals surface area contributed by atoms with Crippen molar-refractivity contribution in [3.8, 4) is 0 Å². The highest BCUT2D eigenvalue weighted by Crippen LogP contribution is 2.23. The first-order valence-electron chi connectivity index (χ1n) is 5.24. The van der Waals surface area contributed by atoms with E-state index in [0.29, 0.717) is 17.4 Å². The molecule has 0 aliphatic rings. The molecule has 0 saturated carbocycles. The number of aryl methyl sites for hydroxylation is 2. The Morgan fingerprint density at radius 3 is 2.82 bits per heavy atom. The molecule has 2 heterocycles. The predicted octanol–water partition coefficient (Wildman–Crippen LogP) is 0.901. The van der Waals surface area contributed by atoms with Crippen LogP contribution in [0.5, 0.6) is 0 Å². The minimum Gasteiger partial charge on any atom is -0.461 e. The van der Waals surface area contributed by atoms with E-state index in [1.807, 2.05) is 0 Å². The third-order valence-electron chi connectivity index (χ3n) is 2.71. The van der Waals surface area contributed by atoms with E-state index in [0.717, 1.165) is 5.52 Å². The van der Waals surface area contributed by atoms with Gasteiger partial charge in [-0.3, -0.25) is 9.48 Å². The molecule has 0 saturated heterocycles. The van der Waals surface area contributed by atoms with Gasteiger partial charge in [0.15, 0.2) is 6.29 Å². The lowest BCUT2D eigenvalue weighted by Crippen LogP contribution is -2.12. The summed E-state index contributed by atoms with van der Waals surface area (Å²) < 4.78 is 8.14. The first-order chi connectivity index (χ1) is 8.11. The number of fused-ring (bicyclic) bond motifs is 1. The van der Waals surface area contributed by atoms with E-state index < -0.39 is 5.97 Å². The maximum atomic E-state index is 11.8. The third kappa shape index (κ3) is 1.52. The van der Waals surface area contributed by atoms with Crippen LogP contribution in [0.4, 0.5) is 0 Å². The Kier molecular flexibility index (Phi) is 2.71. The molecule has 0 atom stereocenters. The van der Waals surface area contributed by atoms with Gasteiger partial charge < -0.3 is 9.30 Å². The highest BCUT2D eigenvalue weighted by molar-refractivity contribution is 6.07. The van der Waals surface area contributed by atoms with Crippen molar-refractivity contribution in [3.63, 3.8) is 0 Å². The molecule has 0 N–H and O–H groups in total. The SMILES string of the molecule is CCOC(=O)c1c(C=O)c2c(cnn2C)n1C. The minimum absolute atomic E-state index is 0.268. The van der Waals surface area contributed by atoms with Gasteiger partial charge in [-0.05, 0) is 6.92 Å². The molecule has 0 spiro atoms. The first-order valence-corrected chi connectivity index (χ1v) is 5.24. The van der Waals surface area contributed by atoms with Gasteiger partial charge in [-0.2, -0.15) is 5.10 Å². The number of aldehydes is 1. The molecule has 17 heavy (non-hydrogen) atoms. The van der Waals surface area contributed by atoms with Gasteiger partial charge in [0.2, 0.25) is 0 Å². The van der Waals surface area contributed by atoms with E-state index in [2.05, 4.69) is 5.10 Å². The van der Waals surface area contributed by atoms with Crippen LogP contribution in [0.1, 0.15) is 27.8 Å². The molecule has 0 aromatic carbocycles. The summed E-state index contributed by atoms with van der Waals surface area (Å²) >= 11 is 0. The van der Waals surface area contributed by atoms with E-state index in [4.69, 9.17) is 4.74 Å². The monoisotopic (exact) mass is 235 g/mol. The van der Waals surface area contributed by atoms with Crippen molar-refractivity contribution in [1.82, 2.24) is 14.3 Å². The van der Waals surface area contributed by atoms with Crippen molar-refractivity contribution in [2.24, 2.45) is 14.1 Å². The summed E-state index contributed by atoms with van der Waals surface area (Å²) in [6.07, 6.45) is 2.28. The summed E-state index contributed by atoms with van der Waals surface area (Å²) in [6, 6.07) is 0. The molecular weight excluding hydrogens is 222 g/mol. The zero-order chi connectivity index (χ0) is 12.6. The Morgan fingerprint density at radius 2 is 2.24 bits per heavy atom. The minimum atomic E-state index is -0.492. The molecule has 0 radical (unpaired) electrons.